The van der Waals surface area contributed by atoms with Crippen LogP contribution in [-0.4, -0.2) is 28.7 Å². The molecule has 0 heterocycles. The molecule has 0 amide bonds. The largest absolute Gasteiger partial charge is 0.396 e. The van der Waals surface area contributed by atoms with Gasteiger partial charge in [-0.2, -0.15) is 0 Å². The summed E-state index contributed by atoms with van der Waals surface area (Å²) in [7, 11) is -2.24. The fourth-order valence-corrected chi connectivity index (χ4v) is 12.9. The highest BCUT2D eigenvalue weighted by Gasteiger charge is 2.62. The van der Waals surface area contributed by atoms with Crippen molar-refractivity contribution in [1.82, 2.24) is 0 Å². The molecule has 4 atom stereocenters. The fraction of sp³-hybridized carbons (Fsp3) is 1.00. The summed E-state index contributed by atoms with van der Waals surface area (Å²) in [5, 5.41) is 10.3. The van der Waals surface area contributed by atoms with Crippen LogP contribution >= 0.6 is 7.14 Å². The summed E-state index contributed by atoms with van der Waals surface area (Å²) >= 11 is 0. The van der Waals surface area contributed by atoms with E-state index in [-0.39, 0.29) is 6.61 Å². The first-order valence-electron chi connectivity index (χ1n) is 11.2. The van der Waals surface area contributed by atoms with E-state index in [0.29, 0.717) is 34.2 Å². The van der Waals surface area contributed by atoms with Gasteiger partial charge in [-0.05, 0) is 61.7 Å². The summed E-state index contributed by atoms with van der Waals surface area (Å²) in [5.74, 6) is 1.68. The lowest BCUT2D eigenvalue weighted by Gasteiger charge is -2.64. The van der Waals surface area contributed by atoms with Crippen LogP contribution in [0, 0.1) is 23.2 Å². The van der Waals surface area contributed by atoms with Gasteiger partial charge in [0, 0.05) is 23.6 Å². The van der Waals surface area contributed by atoms with E-state index >= 15 is 0 Å². The molecular formula is C22H39O2P. The van der Waals surface area contributed by atoms with Gasteiger partial charge in [0.05, 0.1) is 7.14 Å². The summed E-state index contributed by atoms with van der Waals surface area (Å²) in [6.45, 7) is 5.07. The van der Waals surface area contributed by atoms with Crippen molar-refractivity contribution in [1.29, 1.82) is 0 Å². The topological polar surface area (TPSA) is 37.3 Å². The van der Waals surface area contributed by atoms with Crippen LogP contribution in [0.25, 0.3) is 0 Å². The van der Waals surface area contributed by atoms with E-state index in [2.05, 4.69) is 13.8 Å². The minimum absolute atomic E-state index is 0.273. The maximum absolute atomic E-state index is 14.9. The molecule has 3 heteroatoms. The number of aliphatic hydroxyl groups is 1. The maximum Gasteiger partial charge on any atom is 0.0968 e. The number of hydrogen-bond donors (Lipinski definition) is 1. The molecule has 5 aliphatic rings. The summed E-state index contributed by atoms with van der Waals surface area (Å²) in [6.07, 6.45) is 15.1. The standard InChI is InChI=1S/C22H39O2P/c1-22(2)16-13-20(22)19(15-23)21(14-16)25(24,17-9-5-3-6-10-17)18-11-7-4-8-12-18/h16-21,23H,3-15H2,1-2H3/t16?,19-,20?,21+/m0/s1. The summed E-state index contributed by atoms with van der Waals surface area (Å²) < 4.78 is 14.9. The number of aliphatic hydroxyl groups excluding tert-OH is 1. The van der Waals surface area contributed by atoms with Crippen molar-refractivity contribution >= 4 is 7.14 Å². The predicted octanol–water partition coefficient (Wildman–Crippen LogP) is 6.06. The normalized spacial score (nSPS) is 39.8. The van der Waals surface area contributed by atoms with Gasteiger partial charge in [-0.25, -0.2) is 0 Å². The van der Waals surface area contributed by atoms with Crippen LogP contribution in [-0.2, 0) is 4.57 Å². The molecule has 0 aromatic heterocycles. The molecule has 0 radical (unpaired) electrons. The van der Waals surface area contributed by atoms with Crippen LogP contribution in [0.5, 0.6) is 0 Å². The molecule has 25 heavy (non-hydrogen) atoms. The molecule has 2 nitrogen and oxygen atoms in total. The molecule has 144 valence electrons. The van der Waals surface area contributed by atoms with Gasteiger partial charge in [-0.3, -0.25) is 0 Å². The zero-order valence-electron chi connectivity index (χ0n) is 16.5. The molecule has 5 fully saturated rings. The lowest BCUT2D eigenvalue weighted by atomic mass is 9.45. The molecule has 2 unspecified atom stereocenters. The Hall–Kier alpha value is 0.190. The van der Waals surface area contributed by atoms with Crippen LogP contribution in [0.2, 0.25) is 0 Å². The Balaban J connectivity index is 1.66. The highest BCUT2D eigenvalue weighted by molar-refractivity contribution is 7.66. The summed E-state index contributed by atoms with van der Waals surface area (Å²) in [4.78, 5) is 0. The molecule has 2 bridgehead atoms. The van der Waals surface area contributed by atoms with E-state index in [1.807, 2.05) is 0 Å². The lowest BCUT2D eigenvalue weighted by molar-refractivity contribution is -0.114. The first kappa shape index (κ1) is 18.5. The minimum atomic E-state index is -2.24. The Bertz CT molecular complexity index is 494. The van der Waals surface area contributed by atoms with E-state index in [4.69, 9.17) is 0 Å². The molecule has 0 aliphatic heterocycles. The van der Waals surface area contributed by atoms with Crippen molar-refractivity contribution in [3.63, 3.8) is 0 Å². The van der Waals surface area contributed by atoms with E-state index in [1.54, 1.807) is 0 Å². The van der Waals surface area contributed by atoms with Crippen LogP contribution in [0.3, 0.4) is 0 Å². The average molecular weight is 367 g/mol. The minimum Gasteiger partial charge on any atom is -0.396 e. The Kier molecular flexibility index (Phi) is 5.17. The third-order valence-corrected chi connectivity index (χ3v) is 14.0. The van der Waals surface area contributed by atoms with Gasteiger partial charge < -0.3 is 9.67 Å². The molecule has 1 N–H and O–H groups in total. The van der Waals surface area contributed by atoms with E-state index in [0.717, 1.165) is 12.3 Å². The van der Waals surface area contributed by atoms with Crippen molar-refractivity contribution < 1.29 is 9.67 Å². The smallest absolute Gasteiger partial charge is 0.0968 e. The van der Waals surface area contributed by atoms with Gasteiger partial charge in [-0.15, -0.1) is 0 Å². The second-order valence-electron chi connectivity index (χ2n) is 10.4. The van der Waals surface area contributed by atoms with Crippen LogP contribution in [0.15, 0.2) is 0 Å². The third-order valence-electron chi connectivity index (χ3n) is 9.10. The second kappa shape index (κ2) is 6.97. The molecule has 5 rings (SSSR count). The number of fused-ring (bicyclic) bond motifs is 2. The highest BCUT2D eigenvalue weighted by atomic mass is 31.2. The van der Waals surface area contributed by atoms with Crippen molar-refractivity contribution in [3.05, 3.63) is 0 Å². The molecule has 5 saturated carbocycles. The quantitative estimate of drug-likeness (QED) is 0.614. The molecule has 0 spiro atoms. The van der Waals surface area contributed by atoms with E-state index < -0.39 is 7.14 Å². The van der Waals surface area contributed by atoms with Crippen molar-refractivity contribution in [3.8, 4) is 0 Å². The summed E-state index contributed by atoms with van der Waals surface area (Å²) in [6, 6.07) is 0. The third kappa shape index (κ3) is 2.89. The number of hydrogen-bond acceptors (Lipinski definition) is 2. The van der Waals surface area contributed by atoms with E-state index in [1.165, 1.54) is 70.6 Å². The van der Waals surface area contributed by atoms with Gasteiger partial charge in [-0.1, -0.05) is 52.4 Å². The summed E-state index contributed by atoms with van der Waals surface area (Å²) in [5.41, 5.74) is 1.70. The zero-order valence-corrected chi connectivity index (χ0v) is 17.4. The molecule has 0 saturated heterocycles. The SMILES string of the molecule is CC1(C)C2CC1[C@H](CO)[C@H](P(=O)(C1CCCCC1)C1CCCCC1)C2. The predicted molar refractivity (Wildman–Crippen MR) is 106 cm³/mol. The van der Waals surface area contributed by atoms with Crippen molar-refractivity contribution in [2.75, 3.05) is 6.61 Å². The molecular weight excluding hydrogens is 327 g/mol. The highest BCUT2D eigenvalue weighted by Crippen LogP contribution is 2.74. The molecule has 0 aromatic rings. The second-order valence-corrected chi connectivity index (χ2v) is 14.0. The van der Waals surface area contributed by atoms with Crippen LogP contribution < -0.4 is 0 Å². The van der Waals surface area contributed by atoms with Crippen LogP contribution in [0.1, 0.15) is 90.9 Å². The van der Waals surface area contributed by atoms with E-state index in [9.17, 15) is 9.67 Å². The Morgan fingerprint density at radius 2 is 1.40 bits per heavy atom. The Labute approximate surface area is 154 Å². The van der Waals surface area contributed by atoms with Gasteiger partial charge >= 0.3 is 0 Å². The van der Waals surface area contributed by atoms with Crippen molar-refractivity contribution in [2.45, 2.75) is 108 Å². The zero-order chi connectivity index (χ0) is 17.7. The Morgan fingerprint density at radius 1 is 0.880 bits per heavy atom. The van der Waals surface area contributed by atoms with Gasteiger partial charge in [0.1, 0.15) is 0 Å². The van der Waals surface area contributed by atoms with Crippen molar-refractivity contribution in [2.24, 2.45) is 23.2 Å². The van der Waals surface area contributed by atoms with Gasteiger partial charge in [0.25, 0.3) is 0 Å². The average Bonchev–Trinajstić information content (AvgIpc) is 2.68. The fourth-order valence-electron chi connectivity index (χ4n) is 7.44. The Morgan fingerprint density at radius 3 is 1.84 bits per heavy atom. The lowest BCUT2D eigenvalue weighted by Crippen LogP contribution is -2.59. The van der Waals surface area contributed by atoms with Crippen LogP contribution in [0.4, 0.5) is 0 Å². The first-order chi connectivity index (χ1) is 12.0. The maximum atomic E-state index is 14.9. The monoisotopic (exact) mass is 366 g/mol. The molecule has 0 aromatic carbocycles. The first-order valence-corrected chi connectivity index (χ1v) is 13.1. The van der Waals surface area contributed by atoms with Gasteiger partial charge in [0.15, 0.2) is 0 Å². The molecule has 5 aliphatic carbocycles. The number of rotatable bonds is 4. The van der Waals surface area contributed by atoms with Gasteiger partial charge in [0.2, 0.25) is 0 Å².